The van der Waals surface area contributed by atoms with Crippen LogP contribution < -0.4 is 35.8 Å². The van der Waals surface area contributed by atoms with Crippen molar-refractivity contribution in [2.75, 3.05) is 98.8 Å². The molecule has 0 radical (unpaired) electrons. The van der Waals surface area contributed by atoms with Gasteiger partial charge in [0.15, 0.2) is 5.65 Å². The van der Waals surface area contributed by atoms with Crippen molar-refractivity contribution in [2.45, 2.75) is 90.1 Å². The molecule has 6 aliphatic heterocycles. The summed E-state index contributed by atoms with van der Waals surface area (Å²) >= 11 is 3.66. The van der Waals surface area contributed by atoms with E-state index in [-0.39, 0.29) is 18.7 Å². The van der Waals surface area contributed by atoms with E-state index in [4.69, 9.17) is 19.7 Å². The van der Waals surface area contributed by atoms with Gasteiger partial charge in [0.25, 0.3) is 11.8 Å². The number of aromatic nitrogens is 4. The van der Waals surface area contributed by atoms with Crippen molar-refractivity contribution in [3.8, 4) is 5.75 Å². The highest BCUT2D eigenvalue weighted by Crippen LogP contribution is 2.54. The Kier molecular flexibility index (Phi) is 14.7. The number of halogens is 1. The van der Waals surface area contributed by atoms with Crippen LogP contribution in [-0.2, 0) is 27.0 Å². The number of piperazine rings is 1. The fourth-order valence-corrected chi connectivity index (χ4v) is 15.8. The molecule has 4 amide bonds. The van der Waals surface area contributed by atoms with Crippen LogP contribution >= 0.6 is 23.1 Å². The summed E-state index contributed by atoms with van der Waals surface area (Å²) in [5.41, 5.74) is 7.02. The fourth-order valence-electron chi connectivity index (χ4n) is 12.2. The summed E-state index contributed by atoms with van der Waals surface area (Å²) in [4.78, 5) is 80.8. The molecule has 3 aromatic heterocycles. The average Bonchev–Trinajstić information content (AvgIpc) is 4.00. The number of pyridine rings is 2. The van der Waals surface area contributed by atoms with Crippen LogP contribution in [0.15, 0.2) is 59.3 Å². The van der Waals surface area contributed by atoms with Gasteiger partial charge in [0, 0.05) is 117 Å². The Morgan fingerprint density at radius 1 is 0.813 bits per heavy atom. The summed E-state index contributed by atoms with van der Waals surface area (Å²) in [6.07, 6.45) is 13.1. The summed E-state index contributed by atoms with van der Waals surface area (Å²) in [6, 6.07) is 13.3. The number of methoxy groups -OCH3 is 1. The molecular formula is C55H66BrN12O6P. The van der Waals surface area contributed by atoms with E-state index in [1.165, 1.54) is 11.3 Å². The van der Waals surface area contributed by atoms with E-state index < -0.39 is 30.9 Å². The van der Waals surface area contributed by atoms with E-state index in [1.54, 1.807) is 31.6 Å². The lowest BCUT2D eigenvalue weighted by Crippen LogP contribution is -2.54. The normalized spacial score (nSPS) is 20.7. The second-order valence-corrected chi connectivity index (χ2v) is 24.9. The topological polar surface area (TPSA) is 198 Å². The predicted molar refractivity (Wildman–Crippen MR) is 295 cm³/mol. The monoisotopic (exact) mass is 1100 g/mol. The van der Waals surface area contributed by atoms with Crippen LogP contribution in [0.3, 0.4) is 0 Å². The van der Waals surface area contributed by atoms with Crippen molar-refractivity contribution in [1.29, 1.82) is 0 Å². The first-order valence-electron chi connectivity index (χ1n) is 26.9. The SMILES string of the molecule is CCc1ccc2c(P3(=O)CCCC3)c(Nc3nc(Nc4cc(CC)c(N5CCC(N6CCN(CCCC7CN(c8ccc9c(c8)C(=O)N(C8CCC(=O)NC8=O)C9=O)C7)CC6)CC5)cc4OC)ncc3Br)cnc2n1. The number of rotatable bonds is 16. The first-order chi connectivity index (χ1) is 36.4. The van der Waals surface area contributed by atoms with Crippen LogP contribution in [0.1, 0.15) is 97.2 Å². The van der Waals surface area contributed by atoms with E-state index in [2.05, 4.69) is 82.4 Å². The van der Waals surface area contributed by atoms with Gasteiger partial charge in [-0.05, 0) is 128 Å². The molecule has 3 N–H and O–H groups in total. The molecule has 394 valence electrons. The Hall–Kier alpha value is -6.01. The van der Waals surface area contributed by atoms with Crippen LogP contribution in [0.2, 0.25) is 0 Å². The average molecular weight is 1100 g/mol. The first-order valence-corrected chi connectivity index (χ1v) is 29.7. The highest BCUT2D eigenvalue weighted by Gasteiger charge is 2.45. The quantitative estimate of drug-likeness (QED) is 0.0648. The number of carbonyl (C=O) groups excluding carboxylic acids is 4. The number of fused-ring (bicyclic) bond motifs is 2. The predicted octanol–water partition coefficient (Wildman–Crippen LogP) is 7.49. The van der Waals surface area contributed by atoms with Crippen molar-refractivity contribution in [1.82, 2.24) is 40.0 Å². The van der Waals surface area contributed by atoms with Crippen LogP contribution in [0.5, 0.6) is 5.75 Å². The summed E-state index contributed by atoms with van der Waals surface area (Å²) < 4.78 is 21.2. The molecule has 0 saturated carbocycles. The lowest BCUT2D eigenvalue weighted by molar-refractivity contribution is -0.136. The van der Waals surface area contributed by atoms with Crippen molar-refractivity contribution in [3.63, 3.8) is 0 Å². The number of imide groups is 2. The Labute approximate surface area is 446 Å². The maximum Gasteiger partial charge on any atom is 0.262 e. The van der Waals surface area contributed by atoms with E-state index in [0.717, 1.165) is 143 Å². The highest BCUT2D eigenvalue weighted by atomic mass is 79.9. The van der Waals surface area contributed by atoms with Gasteiger partial charge in [0.1, 0.15) is 24.8 Å². The molecule has 5 saturated heterocycles. The lowest BCUT2D eigenvalue weighted by Gasteiger charge is -2.44. The molecule has 18 nitrogen and oxygen atoms in total. The number of carbonyl (C=O) groups is 4. The molecule has 1 unspecified atom stereocenters. The Balaban J connectivity index is 0.651. The minimum atomic E-state index is -2.68. The van der Waals surface area contributed by atoms with Crippen LogP contribution in [-0.4, -0.2) is 149 Å². The van der Waals surface area contributed by atoms with Crippen molar-refractivity contribution in [3.05, 3.63) is 81.7 Å². The number of nitrogens with one attached hydrogen (secondary N) is 3. The van der Waals surface area contributed by atoms with Gasteiger partial charge in [0.2, 0.25) is 17.8 Å². The van der Waals surface area contributed by atoms with Crippen LogP contribution in [0, 0.1) is 5.92 Å². The number of hydrogen-bond acceptors (Lipinski definition) is 16. The van der Waals surface area contributed by atoms with Crippen LogP contribution in [0.25, 0.3) is 11.0 Å². The number of aryl methyl sites for hydroxylation is 2. The summed E-state index contributed by atoms with van der Waals surface area (Å²) in [5, 5.41) is 10.8. The molecule has 0 bridgehead atoms. The molecule has 1 atom stereocenters. The van der Waals surface area contributed by atoms with E-state index in [0.29, 0.717) is 68.7 Å². The van der Waals surface area contributed by atoms with Gasteiger partial charge in [-0.25, -0.2) is 15.0 Å². The molecule has 5 aromatic rings. The number of piperidine rings is 2. The molecule has 0 spiro atoms. The zero-order valence-corrected chi connectivity index (χ0v) is 45.6. The van der Waals surface area contributed by atoms with E-state index in [1.807, 2.05) is 18.2 Å². The van der Waals surface area contributed by atoms with Gasteiger partial charge in [-0.1, -0.05) is 13.8 Å². The second kappa shape index (κ2) is 21.5. The molecular weight excluding hydrogens is 1040 g/mol. The number of ether oxygens (including phenoxy) is 1. The summed E-state index contributed by atoms with van der Waals surface area (Å²) in [7, 11) is -0.984. The van der Waals surface area contributed by atoms with Gasteiger partial charge in [-0.15, -0.1) is 0 Å². The molecule has 6 aliphatic rings. The minimum absolute atomic E-state index is 0.101. The molecule has 5 fully saturated rings. The van der Waals surface area contributed by atoms with Gasteiger partial charge >= 0.3 is 0 Å². The first kappa shape index (κ1) is 51.1. The van der Waals surface area contributed by atoms with Gasteiger partial charge in [-0.2, -0.15) is 4.98 Å². The van der Waals surface area contributed by atoms with Crippen molar-refractivity contribution < 1.29 is 28.5 Å². The molecule has 75 heavy (non-hydrogen) atoms. The molecule has 9 heterocycles. The summed E-state index contributed by atoms with van der Waals surface area (Å²) in [6.45, 7) is 13.5. The maximum atomic E-state index is 14.5. The standard InChI is InChI=1S/C55H66BrN12O6P/c1-4-35-27-43(61-55-58-30-42(56)51(63-55)60-44-31-57-50-40(12-10-36(5-2)59-50)49(44)75(73)25-6-7-26-75)47(74-3)29-46(35)66-19-16-37(17-20-66)65-23-21-64(22-24-65)18-8-9-34-32-67(33-34)38-11-13-39-41(28-38)54(72)68(53(39)71)45-14-15-48(69)62-52(45)70/h10-13,27-31,34,37,45H,4-9,14-26,32-33H2,1-3H3,(H,62,69,70)(H2,58,60,61,63). The number of anilines is 6. The molecule has 20 heteroatoms. The number of hydrogen-bond donors (Lipinski definition) is 3. The summed E-state index contributed by atoms with van der Waals surface area (Å²) in [5.74, 6) is 0.308. The zero-order valence-electron chi connectivity index (χ0n) is 43.1. The highest BCUT2D eigenvalue weighted by molar-refractivity contribution is 9.10. The smallest absolute Gasteiger partial charge is 0.262 e. The third-order valence-corrected chi connectivity index (χ3v) is 20.4. The molecule has 11 rings (SSSR count). The zero-order chi connectivity index (χ0) is 52.0. The van der Waals surface area contributed by atoms with Crippen LogP contribution in [0.4, 0.5) is 34.5 Å². The largest absolute Gasteiger partial charge is 0.494 e. The van der Waals surface area contributed by atoms with E-state index in [9.17, 15) is 23.7 Å². The Morgan fingerprint density at radius 3 is 2.32 bits per heavy atom. The fraction of sp³-hybridized carbons (Fsp3) is 0.491. The minimum Gasteiger partial charge on any atom is -0.494 e. The Morgan fingerprint density at radius 2 is 1.59 bits per heavy atom. The lowest BCUT2D eigenvalue weighted by atomic mass is 9.93. The van der Waals surface area contributed by atoms with Gasteiger partial charge in [0.05, 0.1) is 40.3 Å². The van der Waals surface area contributed by atoms with Crippen molar-refractivity contribution in [2.24, 2.45) is 5.92 Å². The maximum absolute atomic E-state index is 14.5. The van der Waals surface area contributed by atoms with Crippen molar-refractivity contribution >= 4 is 97.6 Å². The number of amides is 4. The van der Waals surface area contributed by atoms with Gasteiger partial charge in [-0.3, -0.25) is 34.3 Å². The third kappa shape index (κ3) is 10.2. The number of nitrogens with zero attached hydrogens (tertiary/aromatic N) is 9. The molecule has 0 aliphatic carbocycles. The van der Waals surface area contributed by atoms with Gasteiger partial charge < -0.3 is 34.6 Å². The number of benzene rings is 2. The second-order valence-electron chi connectivity index (χ2n) is 21.0. The Bertz CT molecular complexity index is 3090. The molecule has 2 aromatic carbocycles. The van der Waals surface area contributed by atoms with E-state index >= 15 is 0 Å². The third-order valence-electron chi connectivity index (χ3n) is 16.4.